The Morgan fingerprint density at radius 3 is 2.71 bits per heavy atom. The highest BCUT2D eigenvalue weighted by Crippen LogP contribution is 2.32. The van der Waals surface area contributed by atoms with E-state index in [0.717, 1.165) is 22.8 Å². The Morgan fingerprint density at radius 1 is 1.14 bits per heavy atom. The molecule has 0 bridgehead atoms. The van der Waals surface area contributed by atoms with Crippen LogP contribution < -0.4 is 15.0 Å². The van der Waals surface area contributed by atoms with Crippen molar-refractivity contribution in [1.29, 1.82) is 0 Å². The minimum Gasteiger partial charge on any atom is -0.486 e. The molecular weight excluding hydrogens is 466 g/mol. The predicted octanol–water partition coefficient (Wildman–Crippen LogP) is 4.72. The van der Waals surface area contributed by atoms with Gasteiger partial charge in [0.05, 0.1) is 36.7 Å². The lowest BCUT2D eigenvalue weighted by atomic mass is 10.1. The van der Waals surface area contributed by atoms with E-state index in [2.05, 4.69) is 20.3 Å². The van der Waals surface area contributed by atoms with Crippen LogP contribution in [0.4, 0.5) is 28.9 Å². The minimum atomic E-state index is -4.73. The number of nitrogens with zero attached hydrogens (tertiary/aromatic N) is 4. The third kappa shape index (κ3) is 4.61. The summed E-state index contributed by atoms with van der Waals surface area (Å²) in [4.78, 5) is 18.9. The van der Waals surface area contributed by atoms with Gasteiger partial charge < -0.3 is 15.0 Å². The molecule has 0 atom stereocenters. The first-order valence-electron chi connectivity index (χ1n) is 10.7. The minimum absolute atomic E-state index is 0.129. The van der Waals surface area contributed by atoms with Crippen LogP contribution in [-0.4, -0.2) is 39.7 Å². The number of hydrogen-bond acceptors (Lipinski definition) is 5. The van der Waals surface area contributed by atoms with Crippen molar-refractivity contribution in [1.82, 2.24) is 14.6 Å². The lowest BCUT2D eigenvalue weighted by Gasteiger charge is -2.40. The number of amides is 1. The van der Waals surface area contributed by atoms with Crippen LogP contribution in [0.2, 0.25) is 0 Å². The van der Waals surface area contributed by atoms with Crippen molar-refractivity contribution in [2.75, 3.05) is 23.3 Å². The molecule has 0 unspecified atom stereocenters. The van der Waals surface area contributed by atoms with E-state index in [1.54, 1.807) is 35.4 Å². The second kappa shape index (κ2) is 8.57. The maximum atomic E-state index is 13.7. The number of fused-ring (bicyclic) bond motifs is 1. The standard InChI is InChI=1S/C24H19F4N5O2/c1-14-2-3-15(23(34)31-18-8-16(24(26,27)28)7-17(25)9-18)6-22(14)35-19-12-32(13-19)20-11-30-33-5-4-29-10-21(20)33/h2-11,19H,12-13H2,1H3,(H,31,34). The Labute approximate surface area is 197 Å². The highest BCUT2D eigenvalue weighted by atomic mass is 19.4. The highest BCUT2D eigenvalue weighted by Gasteiger charge is 2.32. The van der Waals surface area contributed by atoms with Gasteiger partial charge in [-0.3, -0.25) is 9.78 Å². The van der Waals surface area contributed by atoms with E-state index >= 15 is 0 Å². The Kier molecular flexibility index (Phi) is 5.54. The Bertz CT molecular complexity index is 1410. The zero-order chi connectivity index (χ0) is 24.7. The SMILES string of the molecule is Cc1ccc(C(=O)Nc2cc(F)cc(C(F)(F)F)c2)cc1OC1CN(c2cnn3ccncc23)C1. The van der Waals surface area contributed by atoms with Crippen LogP contribution in [-0.2, 0) is 6.18 Å². The number of aryl methyl sites for hydroxylation is 1. The molecule has 0 aliphatic carbocycles. The number of alkyl halides is 3. The summed E-state index contributed by atoms with van der Waals surface area (Å²) >= 11 is 0. The summed E-state index contributed by atoms with van der Waals surface area (Å²) in [7, 11) is 0. The molecule has 5 rings (SSSR count). The van der Waals surface area contributed by atoms with E-state index in [0.29, 0.717) is 31.0 Å². The molecule has 0 radical (unpaired) electrons. The average molecular weight is 485 g/mol. The zero-order valence-electron chi connectivity index (χ0n) is 18.4. The number of rotatable bonds is 5. The van der Waals surface area contributed by atoms with Gasteiger partial charge in [0.2, 0.25) is 0 Å². The fraction of sp³-hybridized carbons (Fsp3) is 0.208. The van der Waals surface area contributed by atoms with Crippen molar-refractivity contribution in [2.24, 2.45) is 0 Å². The van der Waals surface area contributed by atoms with Crippen molar-refractivity contribution in [2.45, 2.75) is 19.2 Å². The summed E-state index contributed by atoms with van der Waals surface area (Å²) < 4.78 is 60.3. The molecule has 35 heavy (non-hydrogen) atoms. The van der Waals surface area contributed by atoms with Crippen molar-refractivity contribution >= 4 is 22.8 Å². The van der Waals surface area contributed by atoms with Gasteiger partial charge in [-0.15, -0.1) is 0 Å². The van der Waals surface area contributed by atoms with Gasteiger partial charge in [-0.25, -0.2) is 8.91 Å². The van der Waals surface area contributed by atoms with Gasteiger partial charge in [0.1, 0.15) is 23.2 Å². The first-order valence-corrected chi connectivity index (χ1v) is 10.7. The summed E-state index contributed by atoms with van der Waals surface area (Å²) in [5.41, 5.74) is 1.32. The molecule has 2 aromatic heterocycles. The number of carbonyl (C=O) groups excluding carboxylic acids is 1. The van der Waals surface area contributed by atoms with Crippen molar-refractivity contribution in [3.05, 3.63) is 83.7 Å². The summed E-state index contributed by atoms with van der Waals surface area (Å²) in [6, 6.07) is 6.63. The van der Waals surface area contributed by atoms with Crippen molar-refractivity contribution in [3.63, 3.8) is 0 Å². The topological polar surface area (TPSA) is 71.8 Å². The molecule has 3 heterocycles. The molecule has 1 saturated heterocycles. The smallest absolute Gasteiger partial charge is 0.416 e. The summed E-state index contributed by atoms with van der Waals surface area (Å²) in [6.45, 7) is 3.04. The summed E-state index contributed by atoms with van der Waals surface area (Å²) in [5, 5.41) is 6.62. The highest BCUT2D eigenvalue weighted by molar-refractivity contribution is 6.04. The first kappa shape index (κ1) is 22.6. The van der Waals surface area contributed by atoms with E-state index in [-0.39, 0.29) is 17.4 Å². The average Bonchev–Trinajstić information content (AvgIpc) is 3.19. The molecule has 0 spiro atoms. The molecule has 2 aromatic carbocycles. The van der Waals surface area contributed by atoms with Crippen LogP contribution >= 0.6 is 0 Å². The largest absolute Gasteiger partial charge is 0.486 e. The van der Waals surface area contributed by atoms with E-state index in [4.69, 9.17) is 4.74 Å². The van der Waals surface area contributed by atoms with Gasteiger partial charge >= 0.3 is 6.18 Å². The fourth-order valence-corrected chi connectivity index (χ4v) is 3.85. The van der Waals surface area contributed by atoms with Crippen LogP contribution in [0, 0.1) is 12.7 Å². The molecule has 7 nitrogen and oxygen atoms in total. The Morgan fingerprint density at radius 2 is 1.94 bits per heavy atom. The lowest BCUT2D eigenvalue weighted by molar-refractivity contribution is -0.137. The number of halogens is 4. The number of anilines is 2. The molecule has 11 heteroatoms. The van der Waals surface area contributed by atoms with E-state index < -0.39 is 23.5 Å². The van der Waals surface area contributed by atoms with E-state index in [1.165, 1.54) is 12.1 Å². The second-order valence-electron chi connectivity index (χ2n) is 8.24. The summed E-state index contributed by atoms with van der Waals surface area (Å²) in [6.07, 6.45) is 2.06. The van der Waals surface area contributed by atoms with Crippen LogP contribution in [0.25, 0.3) is 5.52 Å². The molecule has 0 saturated carbocycles. The van der Waals surface area contributed by atoms with Crippen LogP contribution in [0.5, 0.6) is 5.75 Å². The monoisotopic (exact) mass is 485 g/mol. The number of ether oxygens (including phenoxy) is 1. The van der Waals surface area contributed by atoms with Crippen molar-refractivity contribution in [3.8, 4) is 5.75 Å². The predicted molar refractivity (Wildman–Crippen MR) is 120 cm³/mol. The second-order valence-corrected chi connectivity index (χ2v) is 8.24. The maximum Gasteiger partial charge on any atom is 0.416 e. The molecule has 1 aliphatic heterocycles. The number of benzene rings is 2. The van der Waals surface area contributed by atoms with Crippen molar-refractivity contribution < 1.29 is 27.1 Å². The molecule has 1 amide bonds. The van der Waals surface area contributed by atoms with Gasteiger partial charge in [0.15, 0.2) is 0 Å². The maximum absolute atomic E-state index is 13.7. The van der Waals surface area contributed by atoms with E-state index in [1.807, 2.05) is 6.92 Å². The van der Waals surface area contributed by atoms with Crippen LogP contribution in [0.15, 0.2) is 61.2 Å². The Balaban J connectivity index is 1.26. The third-order valence-corrected chi connectivity index (χ3v) is 5.72. The van der Waals surface area contributed by atoms with Crippen LogP contribution in [0.3, 0.4) is 0 Å². The first-order chi connectivity index (χ1) is 16.7. The zero-order valence-corrected chi connectivity index (χ0v) is 18.4. The number of carbonyl (C=O) groups is 1. The molecular formula is C24H19F4N5O2. The molecule has 1 N–H and O–H groups in total. The molecule has 1 aliphatic rings. The fourth-order valence-electron chi connectivity index (χ4n) is 3.85. The molecule has 1 fully saturated rings. The third-order valence-electron chi connectivity index (χ3n) is 5.72. The normalized spacial score (nSPS) is 14.1. The van der Waals surface area contributed by atoms with E-state index in [9.17, 15) is 22.4 Å². The number of aromatic nitrogens is 3. The Hall–Kier alpha value is -4.15. The van der Waals surface area contributed by atoms with Gasteiger partial charge in [0, 0.05) is 23.6 Å². The number of hydrogen-bond donors (Lipinski definition) is 1. The lowest BCUT2D eigenvalue weighted by Crippen LogP contribution is -2.54. The van der Waals surface area contributed by atoms with Gasteiger partial charge in [0.25, 0.3) is 5.91 Å². The summed E-state index contributed by atoms with van der Waals surface area (Å²) in [5.74, 6) is -1.29. The molecule has 180 valence electrons. The quantitative estimate of drug-likeness (QED) is 0.415. The van der Waals surface area contributed by atoms with Gasteiger partial charge in [-0.2, -0.15) is 18.3 Å². The van der Waals surface area contributed by atoms with Gasteiger partial charge in [-0.05, 0) is 42.8 Å². The van der Waals surface area contributed by atoms with Gasteiger partial charge in [-0.1, -0.05) is 6.07 Å². The molecule has 4 aromatic rings. The van der Waals surface area contributed by atoms with Crippen LogP contribution in [0.1, 0.15) is 21.5 Å². The number of nitrogens with one attached hydrogen (secondary N) is 1.